The van der Waals surface area contributed by atoms with Crippen LogP contribution in [-0.4, -0.2) is 30.5 Å². The summed E-state index contributed by atoms with van der Waals surface area (Å²) in [5.41, 5.74) is 0.0310. The number of hydrogen-bond acceptors (Lipinski definition) is 4. The van der Waals surface area contributed by atoms with Gasteiger partial charge in [-0.1, -0.05) is 23.7 Å². The van der Waals surface area contributed by atoms with Crippen molar-refractivity contribution in [1.29, 1.82) is 0 Å². The lowest BCUT2D eigenvalue weighted by atomic mass is 10.2. The number of aromatic nitrogens is 5. The molecule has 0 aliphatic rings. The maximum atomic E-state index is 13.0. The lowest BCUT2D eigenvalue weighted by Gasteiger charge is -2.13. The summed E-state index contributed by atoms with van der Waals surface area (Å²) in [6, 6.07) is 6.16. The van der Waals surface area contributed by atoms with Gasteiger partial charge < -0.3 is 0 Å². The number of halogens is 5. The zero-order valence-corrected chi connectivity index (χ0v) is 17.5. The van der Waals surface area contributed by atoms with Crippen molar-refractivity contribution in [3.63, 3.8) is 0 Å². The zero-order valence-electron chi connectivity index (χ0n) is 15.2. The van der Waals surface area contributed by atoms with Crippen LogP contribution < -0.4 is 5.32 Å². The average Bonchev–Trinajstić information content (AvgIpc) is 3.21. The SMILES string of the molecule is Cc1c(Br)c(C(F)(F)F)nn1C(C)C(=O)Nc1ncn(Cc2ccc(Cl)cc2)n1. The number of alkyl halides is 3. The first-order valence-corrected chi connectivity index (χ1v) is 9.50. The van der Waals surface area contributed by atoms with Crippen LogP contribution in [0.2, 0.25) is 5.02 Å². The summed E-state index contributed by atoms with van der Waals surface area (Å²) in [6.45, 7) is 3.29. The highest BCUT2D eigenvalue weighted by atomic mass is 79.9. The van der Waals surface area contributed by atoms with Gasteiger partial charge >= 0.3 is 6.18 Å². The van der Waals surface area contributed by atoms with E-state index in [-0.39, 0.29) is 16.1 Å². The van der Waals surface area contributed by atoms with Gasteiger partial charge in [-0.2, -0.15) is 18.3 Å². The van der Waals surface area contributed by atoms with E-state index in [2.05, 4.69) is 36.4 Å². The predicted molar refractivity (Wildman–Crippen MR) is 104 cm³/mol. The second-order valence-electron chi connectivity index (χ2n) is 6.25. The summed E-state index contributed by atoms with van der Waals surface area (Å²) in [7, 11) is 0. The first-order valence-electron chi connectivity index (χ1n) is 8.33. The van der Waals surface area contributed by atoms with Crippen molar-refractivity contribution < 1.29 is 18.0 Å². The Balaban J connectivity index is 1.71. The summed E-state index contributed by atoms with van der Waals surface area (Å²) in [4.78, 5) is 16.5. The van der Waals surface area contributed by atoms with Crippen LogP contribution in [0.25, 0.3) is 0 Å². The van der Waals surface area contributed by atoms with E-state index in [4.69, 9.17) is 11.6 Å². The van der Waals surface area contributed by atoms with E-state index in [1.165, 1.54) is 24.9 Å². The largest absolute Gasteiger partial charge is 0.436 e. The van der Waals surface area contributed by atoms with Crippen molar-refractivity contribution in [2.24, 2.45) is 0 Å². The molecule has 0 saturated heterocycles. The standard InChI is InChI=1S/C17H15BrClF3N6O/c1-9-13(18)14(17(20,21)22)25-28(9)10(2)15(29)24-16-23-8-27(26-16)7-11-3-5-12(19)6-4-11/h3-6,8,10H,7H2,1-2H3,(H,24,26,29). The number of carbonyl (C=O) groups is 1. The molecule has 0 fully saturated rings. The fraction of sp³-hybridized carbons (Fsp3) is 0.294. The van der Waals surface area contributed by atoms with E-state index in [9.17, 15) is 18.0 Å². The van der Waals surface area contributed by atoms with Crippen molar-refractivity contribution in [1.82, 2.24) is 24.5 Å². The highest BCUT2D eigenvalue weighted by Gasteiger charge is 2.39. The molecule has 3 rings (SSSR count). The summed E-state index contributed by atoms with van der Waals surface area (Å²) in [6.07, 6.45) is -3.20. The number of carbonyl (C=O) groups excluding carboxylic acids is 1. The molecule has 0 radical (unpaired) electrons. The Kier molecular flexibility index (Phi) is 5.99. The average molecular weight is 492 g/mol. The van der Waals surface area contributed by atoms with Gasteiger partial charge in [-0.25, -0.2) is 9.67 Å². The van der Waals surface area contributed by atoms with Gasteiger partial charge in [0.05, 0.1) is 16.7 Å². The minimum atomic E-state index is -4.63. The number of amides is 1. The highest BCUT2D eigenvalue weighted by molar-refractivity contribution is 9.10. The minimum absolute atomic E-state index is 0.0377. The number of nitrogens with one attached hydrogen (secondary N) is 1. The van der Waals surface area contributed by atoms with Crippen molar-refractivity contribution in [2.75, 3.05) is 5.32 Å². The van der Waals surface area contributed by atoms with Crippen molar-refractivity contribution in [3.05, 3.63) is 57.0 Å². The third kappa shape index (κ3) is 4.78. The molecule has 12 heteroatoms. The Labute approximate surface area is 177 Å². The van der Waals surface area contributed by atoms with Gasteiger partial charge in [0.15, 0.2) is 5.69 Å². The molecular weight excluding hydrogens is 477 g/mol. The van der Waals surface area contributed by atoms with Crippen molar-refractivity contribution in [2.45, 2.75) is 32.6 Å². The van der Waals surface area contributed by atoms with Gasteiger partial charge in [-0.15, -0.1) is 5.10 Å². The second kappa shape index (κ2) is 8.15. The van der Waals surface area contributed by atoms with Gasteiger partial charge in [0.2, 0.25) is 5.95 Å². The lowest BCUT2D eigenvalue weighted by Crippen LogP contribution is -2.26. The highest BCUT2D eigenvalue weighted by Crippen LogP contribution is 2.36. The lowest BCUT2D eigenvalue weighted by molar-refractivity contribution is -0.142. The minimum Gasteiger partial charge on any atom is -0.291 e. The molecule has 0 saturated carbocycles. The Morgan fingerprint density at radius 1 is 1.28 bits per heavy atom. The molecule has 1 unspecified atom stereocenters. The fourth-order valence-corrected chi connectivity index (χ4v) is 3.20. The molecule has 1 amide bonds. The van der Waals surface area contributed by atoms with Crippen molar-refractivity contribution >= 4 is 39.4 Å². The molecule has 29 heavy (non-hydrogen) atoms. The second-order valence-corrected chi connectivity index (χ2v) is 7.48. The van der Waals surface area contributed by atoms with Crippen LogP contribution >= 0.6 is 27.5 Å². The number of rotatable bonds is 5. The number of nitrogens with zero attached hydrogens (tertiary/aromatic N) is 5. The molecule has 0 aliphatic heterocycles. The number of anilines is 1. The Hall–Kier alpha value is -2.40. The topological polar surface area (TPSA) is 77.6 Å². The monoisotopic (exact) mass is 490 g/mol. The first-order chi connectivity index (χ1) is 13.6. The van der Waals surface area contributed by atoms with Crippen LogP contribution in [0.3, 0.4) is 0 Å². The van der Waals surface area contributed by atoms with E-state index < -0.39 is 23.8 Å². The van der Waals surface area contributed by atoms with E-state index in [0.717, 1.165) is 10.2 Å². The number of hydrogen-bond donors (Lipinski definition) is 1. The van der Waals surface area contributed by atoms with E-state index in [1.54, 1.807) is 12.1 Å². The van der Waals surface area contributed by atoms with Gasteiger partial charge in [0, 0.05) is 5.02 Å². The predicted octanol–water partition coefficient (Wildman–Crippen LogP) is 4.47. The van der Waals surface area contributed by atoms with Crippen molar-refractivity contribution in [3.8, 4) is 0 Å². The Bertz CT molecular complexity index is 1030. The maximum Gasteiger partial charge on any atom is 0.436 e. The molecular formula is C17H15BrClF3N6O. The normalized spacial score (nSPS) is 12.8. The zero-order chi connectivity index (χ0) is 21.3. The van der Waals surface area contributed by atoms with Crippen LogP contribution in [0.15, 0.2) is 35.1 Å². The first kappa shape index (κ1) is 21.3. The molecule has 0 aliphatic carbocycles. The summed E-state index contributed by atoms with van der Waals surface area (Å²) in [5, 5.41) is 10.8. The smallest absolute Gasteiger partial charge is 0.291 e. The Morgan fingerprint density at radius 2 is 1.93 bits per heavy atom. The van der Waals surface area contributed by atoms with Crippen LogP contribution in [0, 0.1) is 6.92 Å². The molecule has 0 spiro atoms. The van der Waals surface area contributed by atoms with Crippen LogP contribution in [0.4, 0.5) is 19.1 Å². The molecule has 1 N–H and O–H groups in total. The molecule has 0 bridgehead atoms. The van der Waals surface area contributed by atoms with Crippen LogP contribution in [0.5, 0.6) is 0 Å². The fourth-order valence-electron chi connectivity index (χ4n) is 2.59. The van der Waals surface area contributed by atoms with E-state index in [0.29, 0.717) is 11.6 Å². The maximum absolute atomic E-state index is 13.0. The third-order valence-corrected chi connectivity index (χ3v) is 5.32. The van der Waals surface area contributed by atoms with E-state index >= 15 is 0 Å². The summed E-state index contributed by atoms with van der Waals surface area (Å²) < 4.78 is 41.4. The molecule has 7 nitrogen and oxygen atoms in total. The van der Waals surface area contributed by atoms with Gasteiger partial charge in [0.25, 0.3) is 5.91 Å². The molecule has 154 valence electrons. The molecule has 1 aromatic carbocycles. The third-order valence-electron chi connectivity index (χ3n) is 4.12. The molecule has 1 atom stereocenters. The molecule has 3 aromatic rings. The van der Waals surface area contributed by atoms with Gasteiger partial charge in [-0.05, 0) is 47.5 Å². The Morgan fingerprint density at radius 3 is 2.52 bits per heavy atom. The molecule has 2 aromatic heterocycles. The van der Waals surface area contributed by atoms with Crippen LogP contribution in [-0.2, 0) is 17.5 Å². The summed E-state index contributed by atoms with van der Waals surface area (Å²) in [5.74, 6) is -0.559. The van der Waals surface area contributed by atoms with Crippen LogP contribution in [0.1, 0.15) is 29.9 Å². The van der Waals surface area contributed by atoms with Gasteiger partial charge in [0.1, 0.15) is 12.4 Å². The quantitative estimate of drug-likeness (QED) is 0.571. The van der Waals surface area contributed by atoms with Gasteiger partial charge in [-0.3, -0.25) is 14.8 Å². The number of benzene rings is 1. The molecule has 2 heterocycles. The van der Waals surface area contributed by atoms with E-state index in [1.807, 2.05) is 12.1 Å². The summed E-state index contributed by atoms with van der Waals surface area (Å²) >= 11 is 8.74.